The smallest absolute Gasteiger partial charge is 0 e. The first-order chi connectivity index (χ1) is 9.00. The van der Waals surface area contributed by atoms with Crippen molar-refractivity contribution in [3.05, 3.63) is 109 Å². The van der Waals surface area contributed by atoms with E-state index >= 15 is 0 Å². The summed E-state index contributed by atoms with van der Waals surface area (Å²) in [7, 11) is 0. The van der Waals surface area contributed by atoms with Gasteiger partial charge in [0.2, 0.25) is 0 Å². The molecule has 1 heteroatoms. The van der Waals surface area contributed by atoms with E-state index < -0.39 is 0 Å². The number of rotatable bonds is 0. The summed E-state index contributed by atoms with van der Waals surface area (Å²) in [5.41, 5.74) is 0. The van der Waals surface area contributed by atoms with E-state index in [9.17, 15) is 0 Å². The first-order valence-electron chi connectivity index (χ1n) is 5.73. The number of benzene rings is 3. The van der Waals surface area contributed by atoms with Crippen molar-refractivity contribution in [2.75, 3.05) is 0 Å². The van der Waals surface area contributed by atoms with E-state index in [4.69, 9.17) is 0 Å². The maximum Gasteiger partial charge on any atom is 0 e. The Labute approximate surface area is 129 Å². The topological polar surface area (TPSA) is 0 Å². The van der Waals surface area contributed by atoms with E-state index in [1.54, 1.807) is 0 Å². The Hall–Kier alpha value is -1.70. The molecule has 3 aromatic carbocycles. The molecule has 0 radical (unpaired) electrons. The van der Waals surface area contributed by atoms with Gasteiger partial charge in [0.05, 0.1) is 0 Å². The molecule has 3 rings (SSSR count). The minimum Gasteiger partial charge on any atom is -0.184 e. The van der Waals surface area contributed by atoms with Crippen LogP contribution < -0.4 is 0 Å². The molecule has 0 saturated heterocycles. The van der Waals surface area contributed by atoms with Crippen LogP contribution in [0.1, 0.15) is 0 Å². The van der Waals surface area contributed by atoms with Crippen molar-refractivity contribution in [3.8, 4) is 0 Å². The Kier molecular flexibility index (Phi) is 13.1. The van der Waals surface area contributed by atoms with Gasteiger partial charge in [-0.05, 0) is 0 Å². The predicted molar refractivity (Wildman–Crippen MR) is 75.8 cm³/mol. The molecule has 19 heavy (non-hydrogen) atoms. The molecular weight excluding hydrogens is 406 g/mol. The van der Waals surface area contributed by atoms with Gasteiger partial charge < -0.3 is 0 Å². The van der Waals surface area contributed by atoms with Crippen molar-refractivity contribution in [3.63, 3.8) is 0 Å². The van der Waals surface area contributed by atoms with Gasteiger partial charge in [-0.1, -0.05) is 0 Å². The Morgan fingerprint density at radius 1 is 0.316 bits per heavy atom. The Bertz CT molecular complexity index is 296. The minimum atomic E-state index is 0. The quantitative estimate of drug-likeness (QED) is 0.470. The third kappa shape index (κ3) is 12.5. The average Bonchev–Trinajstić information content (AvgIpc) is 2.54. The maximum absolute atomic E-state index is 2.89. The van der Waals surface area contributed by atoms with Gasteiger partial charge in [0.1, 0.15) is 0 Å². The fourth-order valence-corrected chi connectivity index (χ4v) is 1.03. The summed E-state index contributed by atoms with van der Waals surface area (Å²) in [5, 5.41) is 0. The van der Waals surface area contributed by atoms with Crippen molar-refractivity contribution in [2.24, 2.45) is 0 Å². The van der Waals surface area contributed by atoms with E-state index in [2.05, 4.69) is 18.2 Å². The summed E-state index contributed by atoms with van der Waals surface area (Å²) >= 11 is 0. The Morgan fingerprint density at radius 3 is 0.579 bits per heavy atom. The van der Waals surface area contributed by atoms with Crippen molar-refractivity contribution in [1.82, 2.24) is 0 Å². The van der Waals surface area contributed by atoms with Gasteiger partial charge >= 0.3 is 0 Å². The van der Waals surface area contributed by atoms with Crippen molar-refractivity contribution >= 4 is 0 Å². The molecule has 0 saturated carbocycles. The van der Waals surface area contributed by atoms with Gasteiger partial charge in [0.15, 0.2) is 0 Å². The molecule has 98 valence electrons. The van der Waals surface area contributed by atoms with Crippen LogP contribution in [0, 0.1) is 18.2 Å². The summed E-state index contributed by atoms with van der Waals surface area (Å²) in [6, 6.07) is 37.5. The second kappa shape index (κ2) is 14.4. The van der Waals surface area contributed by atoms with Crippen LogP contribution in [-0.4, -0.2) is 0 Å². The third-order valence-corrected chi connectivity index (χ3v) is 1.82. The Morgan fingerprint density at radius 2 is 0.526 bits per heavy atom. The molecule has 0 fully saturated rings. The molecule has 0 amide bonds. The van der Waals surface area contributed by atoms with Crippen molar-refractivity contribution < 1.29 is 19.8 Å². The summed E-state index contributed by atoms with van der Waals surface area (Å²) in [5.74, 6) is 0. The van der Waals surface area contributed by atoms with Gasteiger partial charge in [0.25, 0.3) is 0 Å². The van der Waals surface area contributed by atoms with Gasteiger partial charge in [0, 0.05) is 19.8 Å². The van der Waals surface area contributed by atoms with Gasteiger partial charge in [-0.15, -0.1) is 0 Å². The van der Waals surface area contributed by atoms with Crippen LogP contribution in [0.4, 0.5) is 0 Å². The SMILES string of the molecule is [Os].[c-]1ccccc1.[c-]1ccccc1.[c-]1ccccc1. The van der Waals surface area contributed by atoms with Crippen LogP contribution in [0.25, 0.3) is 0 Å². The zero-order valence-electron chi connectivity index (χ0n) is 10.5. The van der Waals surface area contributed by atoms with Crippen LogP contribution in [0.2, 0.25) is 0 Å². The summed E-state index contributed by atoms with van der Waals surface area (Å²) in [6.07, 6.45) is 0. The van der Waals surface area contributed by atoms with Gasteiger partial charge in [-0.2, -0.15) is 109 Å². The molecule has 0 heterocycles. The number of hydrogen-bond acceptors (Lipinski definition) is 0. The van der Waals surface area contributed by atoms with E-state index in [0.29, 0.717) is 0 Å². The molecule has 0 nitrogen and oxygen atoms in total. The van der Waals surface area contributed by atoms with Gasteiger partial charge in [-0.25, -0.2) is 0 Å². The van der Waals surface area contributed by atoms with E-state index in [1.807, 2.05) is 91.0 Å². The fourth-order valence-electron chi connectivity index (χ4n) is 1.03. The summed E-state index contributed by atoms with van der Waals surface area (Å²) in [4.78, 5) is 0. The standard InChI is InChI=1S/3C6H5.Os/c3*1-2-4-6-5-3-1;/h3*1-5H;/q3*-1;. The van der Waals surface area contributed by atoms with Crippen molar-refractivity contribution in [2.45, 2.75) is 0 Å². The number of hydrogen-bond donors (Lipinski definition) is 0. The largest absolute Gasteiger partial charge is 0.184 e. The average molecular weight is 422 g/mol. The molecule has 0 aromatic heterocycles. The molecule has 0 aliphatic rings. The molecule has 3 aromatic rings. The van der Waals surface area contributed by atoms with Gasteiger partial charge in [-0.3, -0.25) is 0 Å². The van der Waals surface area contributed by atoms with Crippen LogP contribution in [0.15, 0.2) is 91.0 Å². The zero-order chi connectivity index (χ0) is 12.7. The molecule has 0 aliphatic carbocycles. The normalized spacial score (nSPS) is 7.58. The van der Waals surface area contributed by atoms with Crippen molar-refractivity contribution in [1.29, 1.82) is 0 Å². The first kappa shape index (κ1) is 17.3. The maximum atomic E-state index is 2.89. The monoisotopic (exact) mass is 423 g/mol. The molecule has 0 unspecified atom stereocenters. The summed E-state index contributed by atoms with van der Waals surface area (Å²) < 4.78 is 0. The molecule has 0 N–H and O–H groups in total. The minimum absolute atomic E-state index is 0. The molecule has 0 aliphatic heterocycles. The van der Waals surface area contributed by atoms with Crippen LogP contribution in [0.3, 0.4) is 0 Å². The summed E-state index contributed by atoms with van der Waals surface area (Å²) in [6.45, 7) is 0. The molecule has 0 atom stereocenters. The second-order valence-electron chi connectivity index (χ2n) is 3.23. The molecule has 0 bridgehead atoms. The van der Waals surface area contributed by atoms with Crippen LogP contribution >= 0.6 is 0 Å². The van der Waals surface area contributed by atoms with E-state index in [0.717, 1.165) is 0 Å². The predicted octanol–water partition coefficient (Wildman–Crippen LogP) is 4.46. The fraction of sp³-hybridized carbons (Fsp3) is 0. The van der Waals surface area contributed by atoms with Crippen LogP contribution in [0.5, 0.6) is 0 Å². The molecular formula is C18H15Os-3. The zero-order valence-corrected chi connectivity index (χ0v) is 13.1. The van der Waals surface area contributed by atoms with Crippen LogP contribution in [-0.2, 0) is 19.8 Å². The van der Waals surface area contributed by atoms with E-state index in [1.165, 1.54) is 0 Å². The molecule has 0 spiro atoms. The Balaban J connectivity index is 0.000000249. The first-order valence-corrected chi connectivity index (χ1v) is 5.73. The van der Waals surface area contributed by atoms with E-state index in [-0.39, 0.29) is 19.8 Å². The third-order valence-electron chi connectivity index (χ3n) is 1.82. The second-order valence-corrected chi connectivity index (χ2v) is 3.23.